The van der Waals surface area contributed by atoms with Gasteiger partial charge in [-0.1, -0.05) is 13.8 Å². The second kappa shape index (κ2) is 9.32. The third-order valence-electron chi connectivity index (χ3n) is 3.81. The lowest BCUT2D eigenvalue weighted by molar-refractivity contribution is 0.148. The van der Waals surface area contributed by atoms with Crippen molar-refractivity contribution in [2.24, 2.45) is 0 Å². The number of nitrogens with one attached hydrogen (secondary N) is 1. The van der Waals surface area contributed by atoms with Crippen LogP contribution in [-0.2, 0) is 13.1 Å². The lowest BCUT2D eigenvalue weighted by Crippen LogP contribution is -2.43. The van der Waals surface area contributed by atoms with Crippen LogP contribution >= 0.6 is 12.4 Å². The summed E-state index contributed by atoms with van der Waals surface area (Å²) < 4.78 is 2.06. The number of hydrogen-bond acceptors (Lipinski definition) is 4. The molecule has 2 rings (SSSR count). The van der Waals surface area contributed by atoms with E-state index in [9.17, 15) is 0 Å². The minimum atomic E-state index is 0. The Morgan fingerprint density at radius 1 is 1.30 bits per heavy atom. The maximum absolute atomic E-state index is 4.45. The Hall–Kier alpha value is -0.650. The Balaban J connectivity index is 0.00000200. The topological polar surface area (TPSA) is 46.0 Å². The highest BCUT2D eigenvalue weighted by Crippen LogP contribution is 2.15. The van der Waals surface area contributed by atoms with Crippen molar-refractivity contribution in [1.29, 1.82) is 0 Å². The summed E-state index contributed by atoms with van der Waals surface area (Å²) in [7, 11) is 0. The minimum Gasteiger partial charge on any atom is -0.317 e. The third kappa shape index (κ3) is 4.72. The molecule has 5 nitrogen and oxygen atoms in total. The Kier molecular flexibility index (Phi) is 8.11. The van der Waals surface area contributed by atoms with Crippen molar-refractivity contribution in [3.05, 3.63) is 12.2 Å². The molecular formula is C14H28ClN5. The van der Waals surface area contributed by atoms with Crippen molar-refractivity contribution in [2.75, 3.05) is 19.6 Å². The normalized spacial score (nSPS) is 16.4. The number of halogens is 1. The molecule has 0 amide bonds. The van der Waals surface area contributed by atoms with Gasteiger partial charge >= 0.3 is 0 Å². The van der Waals surface area contributed by atoms with Crippen LogP contribution in [0.1, 0.15) is 45.4 Å². The molecule has 0 radical (unpaired) electrons. The van der Waals surface area contributed by atoms with Crippen molar-refractivity contribution in [3.8, 4) is 0 Å². The molecule has 1 aromatic rings. The van der Waals surface area contributed by atoms with Gasteiger partial charge in [0.05, 0.1) is 6.54 Å². The zero-order valence-corrected chi connectivity index (χ0v) is 13.5. The molecule has 0 unspecified atom stereocenters. The van der Waals surface area contributed by atoms with Crippen LogP contribution < -0.4 is 5.32 Å². The van der Waals surface area contributed by atoms with Gasteiger partial charge in [-0.25, -0.2) is 9.67 Å². The summed E-state index contributed by atoms with van der Waals surface area (Å²) in [5, 5.41) is 7.77. The van der Waals surface area contributed by atoms with Gasteiger partial charge < -0.3 is 5.32 Å². The first-order valence-electron chi connectivity index (χ1n) is 7.66. The molecule has 0 atom stereocenters. The van der Waals surface area contributed by atoms with E-state index in [2.05, 4.69) is 38.8 Å². The second-order valence-corrected chi connectivity index (χ2v) is 5.35. The van der Waals surface area contributed by atoms with Crippen LogP contribution in [0.2, 0.25) is 0 Å². The van der Waals surface area contributed by atoms with Gasteiger partial charge in [0.1, 0.15) is 12.2 Å². The largest absolute Gasteiger partial charge is 0.317 e. The van der Waals surface area contributed by atoms with Gasteiger partial charge in [-0.3, -0.25) is 4.90 Å². The highest BCUT2D eigenvalue weighted by Gasteiger charge is 2.21. The Bertz CT molecular complexity index is 362. The Labute approximate surface area is 128 Å². The predicted molar refractivity (Wildman–Crippen MR) is 84.2 cm³/mol. The average Bonchev–Trinajstić information content (AvgIpc) is 2.87. The molecule has 1 aliphatic rings. The molecule has 116 valence electrons. The predicted octanol–water partition coefficient (Wildman–Crippen LogP) is 2.07. The number of rotatable bonds is 7. The highest BCUT2D eigenvalue weighted by molar-refractivity contribution is 5.85. The summed E-state index contributed by atoms with van der Waals surface area (Å²) >= 11 is 0. The molecule has 1 N–H and O–H groups in total. The van der Waals surface area contributed by atoms with Crippen LogP contribution in [0.3, 0.4) is 0 Å². The van der Waals surface area contributed by atoms with Crippen LogP contribution in [0.15, 0.2) is 6.33 Å². The Morgan fingerprint density at radius 2 is 2.05 bits per heavy atom. The van der Waals surface area contributed by atoms with Crippen molar-refractivity contribution in [1.82, 2.24) is 25.0 Å². The maximum atomic E-state index is 4.45. The van der Waals surface area contributed by atoms with Crippen molar-refractivity contribution >= 4 is 12.4 Å². The molecule has 1 aliphatic heterocycles. The summed E-state index contributed by atoms with van der Waals surface area (Å²) in [4.78, 5) is 7.04. The van der Waals surface area contributed by atoms with Crippen LogP contribution in [0.4, 0.5) is 0 Å². The van der Waals surface area contributed by atoms with Crippen LogP contribution in [0, 0.1) is 0 Å². The fraction of sp³-hybridized carbons (Fsp3) is 0.857. The van der Waals surface area contributed by atoms with Crippen molar-refractivity contribution in [2.45, 2.75) is 58.7 Å². The zero-order valence-electron chi connectivity index (χ0n) is 12.7. The van der Waals surface area contributed by atoms with Crippen molar-refractivity contribution < 1.29 is 0 Å². The fourth-order valence-corrected chi connectivity index (χ4v) is 2.84. The monoisotopic (exact) mass is 301 g/mol. The van der Waals surface area contributed by atoms with E-state index in [1.165, 1.54) is 19.3 Å². The molecule has 0 aliphatic carbocycles. The minimum absolute atomic E-state index is 0. The molecule has 20 heavy (non-hydrogen) atoms. The van der Waals surface area contributed by atoms with E-state index < -0.39 is 0 Å². The lowest BCUT2D eigenvalue weighted by atomic mass is 10.0. The van der Waals surface area contributed by atoms with Crippen LogP contribution in [0.5, 0.6) is 0 Å². The summed E-state index contributed by atoms with van der Waals surface area (Å²) in [6, 6.07) is 0.702. The zero-order chi connectivity index (χ0) is 13.5. The van der Waals surface area contributed by atoms with Crippen molar-refractivity contribution in [3.63, 3.8) is 0 Å². The first-order valence-corrected chi connectivity index (χ1v) is 7.66. The first kappa shape index (κ1) is 17.4. The smallest absolute Gasteiger partial charge is 0.141 e. The number of nitrogens with zero attached hydrogens (tertiary/aromatic N) is 4. The van der Waals surface area contributed by atoms with E-state index in [1.54, 1.807) is 6.33 Å². The van der Waals surface area contributed by atoms with E-state index in [-0.39, 0.29) is 12.4 Å². The number of aryl methyl sites for hydroxylation is 1. The summed E-state index contributed by atoms with van der Waals surface area (Å²) in [5.41, 5.74) is 0. The second-order valence-electron chi connectivity index (χ2n) is 5.35. The van der Waals surface area contributed by atoms with Crippen LogP contribution in [0.25, 0.3) is 0 Å². The maximum Gasteiger partial charge on any atom is 0.141 e. The molecule has 1 aromatic heterocycles. The lowest BCUT2D eigenvalue weighted by Gasteiger charge is -2.34. The first-order chi connectivity index (χ1) is 9.35. The average molecular weight is 302 g/mol. The van der Waals surface area contributed by atoms with E-state index in [0.29, 0.717) is 6.04 Å². The number of piperidine rings is 1. The van der Waals surface area contributed by atoms with Gasteiger partial charge in [0, 0.05) is 12.6 Å². The SMILES string of the molecule is CCCN(Cc1ncnn1CCC)C1CCNCC1.Cl. The standard InChI is InChI=1S/C14H27N5.ClH/c1-3-9-18(13-5-7-15-8-6-13)11-14-16-12-17-19(14)10-4-2;/h12-13,15H,3-11H2,1-2H3;1H. The molecule has 0 saturated carbocycles. The van der Waals surface area contributed by atoms with Gasteiger partial charge in [0.2, 0.25) is 0 Å². The molecule has 1 saturated heterocycles. The summed E-state index contributed by atoms with van der Waals surface area (Å²) in [5.74, 6) is 1.12. The number of hydrogen-bond donors (Lipinski definition) is 1. The molecule has 0 spiro atoms. The Morgan fingerprint density at radius 3 is 2.70 bits per heavy atom. The van der Waals surface area contributed by atoms with Gasteiger partial charge in [-0.15, -0.1) is 12.4 Å². The van der Waals surface area contributed by atoms with Crippen LogP contribution in [-0.4, -0.2) is 45.3 Å². The quantitative estimate of drug-likeness (QED) is 0.837. The third-order valence-corrected chi connectivity index (χ3v) is 3.81. The van der Waals surface area contributed by atoms with E-state index in [0.717, 1.165) is 45.0 Å². The highest BCUT2D eigenvalue weighted by atomic mass is 35.5. The molecule has 0 aromatic carbocycles. The fourth-order valence-electron chi connectivity index (χ4n) is 2.84. The van der Waals surface area contributed by atoms with Gasteiger partial charge in [0.25, 0.3) is 0 Å². The molecular weight excluding hydrogens is 274 g/mol. The van der Waals surface area contributed by atoms with Gasteiger partial charge in [0.15, 0.2) is 0 Å². The van der Waals surface area contributed by atoms with Gasteiger partial charge in [-0.05, 0) is 45.3 Å². The molecule has 6 heteroatoms. The summed E-state index contributed by atoms with van der Waals surface area (Å²) in [6.07, 6.45) is 6.50. The van der Waals surface area contributed by atoms with E-state index in [4.69, 9.17) is 0 Å². The molecule has 0 bridgehead atoms. The van der Waals surface area contributed by atoms with E-state index >= 15 is 0 Å². The summed E-state index contributed by atoms with van der Waals surface area (Å²) in [6.45, 7) is 9.80. The van der Waals surface area contributed by atoms with Gasteiger partial charge in [-0.2, -0.15) is 5.10 Å². The number of aromatic nitrogens is 3. The molecule has 2 heterocycles. The molecule has 1 fully saturated rings. The van der Waals surface area contributed by atoms with E-state index in [1.807, 2.05) is 0 Å².